The molecule has 0 fully saturated rings. The zero-order chi connectivity index (χ0) is 17.8. The normalized spacial score (nSPS) is 11.8. The third-order valence-electron chi connectivity index (χ3n) is 3.96. The molecule has 3 aromatic rings. The van der Waals surface area contributed by atoms with Gasteiger partial charge in [0.05, 0.1) is 5.92 Å². The molecule has 0 aliphatic rings. The van der Waals surface area contributed by atoms with Crippen molar-refractivity contribution in [2.75, 3.05) is 6.54 Å². The third-order valence-corrected chi connectivity index (χ3v) is 3.96. The molecule has 1 unspecified atom stereocenters. The summed E-state index contributed by atoms with van der Waals surface area (Å²) in [7, 11) is 0. The number of rotatable bonds is 5. The van der Waals surface area contributed by atoms with Crippen LogP contribution in [-0.4, -0.2) is 28.5 Å². The molecule has 1 heterocycles. The molecular formula is C19H16N2O4. The van der Waals surface area contributed by atoms with Crippen LogP contribution in [-0.2, 0) is 4.79 Å². The summed E-state index contributed by atoms with van der Waals surface area (Å²) in [6.07, 6.45) is 0. The van der Waals surface area contributed by atoms with E-state index in [1.807, 2.05) is 0 Å². The van der Waals surface area contributed by atoms with Gasteiger partial charge in [0.15, 0.2) is 0 Å². The number of aromatic nitrogens is 1. The van der Waals surface area contributed by atoms with Crippen molar-refractivity contribution in [3.8, 4) is 0 Å². The molecule has 126 valence electrons. The Morgan fingerprint density at radius 1 is 1.04 bits per heavy atom. The van der Waals surface area contributed by atoms with Gasteiger partial charge in [-0.05, 0) is 23.1 Å². The van der Waals surface area contributed by atoms with Gasteiger partial charge in [-0.3, -0.25) is 14.4 Å². The van der Waals surface area contributed by atoms with Crippen LogP contribution in [0.5, 0.6) is 0 Å². The first-order valence-corrected chi connectivity index (χ1v) is 7.74. The van der Waals surface area contributed by atoms with Crippen molar-refractivity contribution in [3.63, 3.8) is 0 Å². The zero-order valence-corrected chi connectivity index (χ0v) is 13.2. The van der Waals surface area contributed by atoms with E-state index in [-0.39, 0.29) is 17.8 Å². The molecule has 0 aliphatic carbocycles. The van der Waals surface area contributed by atoms with E-state index < -0.39 is 17.8 Å². The Hall–Kier alpha value is -3.41. The Morgan fingerprint density at radius 3 is 2.44 bits per heavy atom. The first-order chi connectivity index (χ1) is 12.1. The molecule has 3 N–H and O–H groups in total. The minimum absolute atomic E-state index is 0.0764. The maximum absolute atomic E-state index is 12.3. The van der Waals surface area contributed by atoms with Gasteiger partial charge >= 0.3 is 5.97 Å². The summed E-state index contributed by atoms with van der Waals surface area (Å²) in [5, 5.41) is 13.1. The Morgan fingerprint density at radius 2 is 1.72 bits per heavy atom. The quantitative estimate of drug-likeness (QED) is 0.664. The highest BCUT2D eigenvalue weighted by Gasteiger charge is 2.21. The number of carboxylic acids is 1. The summed E-state index contributed by atoms with van der Waals surface area (Å²) in [5.74, 6) is -2.42. The topological polar surface area (TPSA) is 99.3 Å². The molecule has 6 heteroatoms. The van der Waals surface area contributed by atoms with E-state index in [1.54, 1.807) is 60.7 Å². The van der Waals surface area contributed by atoms with E-state index in [0.29, 0.717) is 16.3 Å². The fraction of sp³-hybridized carbons (Fsp3) is 0.105. The lowest BCUT2D eigenvalue weighted by molar-refractivity contribution is -0.138. The number of hydrogen-bond donors (Lipinski definition) is 3. The van der Waals surface area contributed by atoms with Crippen molar-refractivity contribution < 1.29 is 14.7 Å². The number of pyridine rings is 1. The van der Waals surface area contributed by atoms with E-state index in [2.05, 4.69) is 10.3 Å². The highest BCUT2D eigenvalue weighted by molar-refractivity contribution is 5.96. The first kappa shape index (κ1) is 16.4. The van der Waals surface area contributed by atoms with E-state index in [1.165, 1.54) is 0 Å². The molecule has 2 aromatic carbocycles. The summed E-state index contributed by atoms with van der Waals surface area (Å²) in [6, 6.07) is 17.2. The SMILES string of the molecule is O=C(NCC(C(=O)O)c1ccccc1)c1cc2ccccc2c(=O)[nH]1. The highest BCUT2D eigenvalue weighted by Crippen LogP contribution is 2.15. The van der Waals surface area contributed by atoms with Gasteiger partial charge in [-0.25, -0.2) is 0 Å². The number of aliphatic carboxylic acids is 1. The second-order valence-corrected chi connectivity index (χ2v) is 5.61. The number of carbonyl (C=O) groups is 2. The van der Waals surface area contributed by atoms with Crippen LogP contribution >= 0.6 is 0 Å². The van der Waals surface area contributed by atoms with Gasteiger partial charge in [0.2, 0.25) is 0 Å². The van der Waals surface area contributed by atoms with Crippen LogP contribution in [0, 0.1) is 0 Å². The smallest absolute Gasteiger partial charge is 0.312 e. The summed E-state index contributed by atoms with van der Waals surface area (Å²) in [6.45, 7) is -0.0764. The zero-order valence-electron chi connectivity index (χ0n) is 13.2. The Kier molecular flexibility index (Phi) is 4.61. The van der Waals surface area contributed by atoms with Crippen molar-refractivity contribution in [1.82, 2.24) is 10.3 Å². The van der Waals surface area contributed by atoms with Gasteiger partial charge in [0.1, 0.15) is 5.69 Å². The molecule has 0 radical (unpaired) electrons. The molecular weight excluding hydrogens is 320 g/mol. The van der Waals surface area contributed by atoms with Crippen molar-refractivity contribution in [1.29, 1.82) is 0 Å². The fourth-order valence-electron chi connectivity index (χ4n) is 2.66. The number of benzene rings is 2. The summed E-state index contributed by atoms with van der Waals surface area (Å²) in [5.41, 5.74) is 0.337. The summed E-state index contributed by atoms with van der Waals surface area (Å²) < 4.78 is 0. The van der Waals surface area contributed by atoms with Crippen molar-refractivity contribution in [2.24, 2.45) is 0 Å². The second kappa shape index (κ2) is 7.00. The molecule has 1 aromatic heterocycles. The molecule has 1 atom stereocenters. The highest BCUT2D eigenvalue weighted by atomic mass is 16.4. The number of fused-ring (bicyclic) bond motifs is 1. The van der Waals surface area contributed by atoms with Crippen LogP contribution in [0.3, 0.4) is 0 Å². The first-order valence-electron chi connectivity index (χ1n) is 7.74. The average molecular weight is 336 g/mol. The molecule has 0 saturated heterocycles. The molecule has 0 spiro atoms. The molecule has 25 heavy (non-hydrogen) atoms. The fourth-order valence-corrected chi connectivity index (χ4v) is 2.66. The number of hydrogen-bond acceptors (Lipinski definition) is 3. The minimum Gasteiger partial charge on any atom is -0.481 e. The minimum atomic E-state index is -1.03. The molecule has 6 nitrogen and oxygen atoms in total. The van der Waals surface area contributed by atoms with Crippen molar-refractivity contribution >= 4 is 22.6 Å². The number of aromatic amines is 1. The van der Waals surface area contributed by atoms with Crippen LogP contribution in [0.15, 0.2) is 65.5 Å². The van der Waals surface area contributed by atoms with Gasteiger partial charge in [-0.2, -0.15) is 0 Å². The lowest BCUT2D eigenvalue weighted by atomic mass is 9.99. The largest absolute Gasteiger partial charge is 0.481 e. The van der Waals surface area contributed by atoms with Crippen LogP contribution in [0.25, 0.3) is 10.8 Å². The maximum atomic E-state index is 12.3. The molecule has 0 saturated carbocycles. The van der Waals surface area contributed by atoms with Crippen molar-refractivity contribution in [2.45, 2.75) is 5.92 Å². The lowest BCUT2D eigenvalue weighted by Gasteiger charge is -2.14. The van der Waals surface area contributed by atoms with Crippen LogP contribution in [0.4, 0.5) is 0 Å². The standard InChI is InChI=1S/C19H16N2O4/c22-17-14-9-5-4-8-13(14)10-16(21-17)18(23)20-11-15(19(24)25)12-6-2-1-3-7-12/h1-10,15H,11H2,(H,20,23)(H,21,22)(H,24,25). The monoisotopic (exact) mass is 336 g/mol. The second-order valence-electron chi connectivity index (χ2n) is 5.61. The van der Waals surface area contributed by atoms with Crippen LogP contribution in [0.2, 0.25) is 0 Å². The maximum Gasteiger partial charge on any atom is 0.312 e. The average Bonchev–Trinajstić information content (AvgIpc) is 2.62. The van der Waals surface area contributed by atoms with Gasteiger partial charge in [0.25, 0.3) is 11.5 Å². The molecule has 3 rings (SSSR count). The number of nitrogens with one attached hydrogen (secondary N) is 2. The number of carboxylic acid groups (broad SMARTS) is 1. The van der Waals surface area contributed by atoms with E-state index >= 15 is 0 Å². The van der Waals surface area contributed by atoms with Crippen molar-refractivity contribution in [3.05, 3.63) is 82.3 Å². The number of amides is 1. The summed E-state index contributed by atoms with van der Waals surface area (Å²) >= 11 is 0. The predicted octanol–water partition coefficient (Wildman–Crippen LogP) is 2.13. The Labute approximate surface area is 143 Å². The van der Waals surface area contributed by atoms with E-state index in [4.69, 9.17) is 0 Å². The van der Waals surface area contributed by atoms with Gasteiger partial charge in [-0.15, -0.1) is 0 Å². The molecule has 0 bridgehead atoms. The van der Waals surface area contributed by atoms with Gasteiger partial charge in [0, 0.05) is 11.9 Å². The Bertz CT molecular complexity index is 979. The van der Waals surface area contributed by atoms with Gasteiger partial charge < -0.3 is 15.4 Å². The lowest BCUT2D eigenvalue weighted by Crippen LogP contribution is -2.33. The number of H-pyrrole nitrogens is 1. The van der Waals surface area contributed by atoms with Crippen LogP contribution in [0.1, 0.15) is 22.0 Å². The summed E-state index contributed by atoms with van der Waals surface area (Å²) in [4.78, 5) is 38.4. The Balaban J connectivity index is 1.80. The molecule has 0 aliphatic heterocycles. The van der Waals surface area contributed by atoms with E-state index in [9.17, 15) is 19.5 Å². The van der Waals surface area contributed by atoms with E-state index in [0.717, 1.165) is 0 Å². The van der Waals surface area contributed by atoms with Gasteiger partial charge in [-0.1, -0.05) is 48.5 Å². The number of carbonyl (C=O) groups excluding carboxylic acids is 1. The predicted molar refractivity (Wildman–Crippen MR) is 93.7 cm³/mol. The third kappa shape index (κ3) is 3.58. The van der Waals surface area contributed by atoms with Crippen LogP contribution < -0.4 is 10.9 Å². The molecule has 1 amide bonds.